The first kappa shape index (κ1) is 15.3. The van der Waals surface area contributed by atoms with E-state index in [9.17, 15) is 5.11 Å². The zero-order valence-corrected chi connectivity index (χ0v) is 13.5. The van der Waals surface area contributed by atoms with Crippen molar-refractivity contribution in [3.05, 3.63) is 21.3 Å². The first-order chi connectivity index (χ1) is 8.90. The minimum atomic E-state index is -0.615. The van der Waals surface area contributed by atoms with Crippen molar-refractivity contribution in [2.75, 3.05) is 6.61 Å². The minimum Gasteiger partial charge on any atom is -0.384 e. The highest BCUT2D eigenvalue weighted by molar-refractivity contribution is 7.10. The van der Waals surface area contributed by atoms with Gasteiger partial charge in [0, 0.05) is 6.61 Å². The van der Waals surface area contributed by atoms with Crippen molar-refractivity contribution in [2.45, 2.75) is 58.2 Å². The topological polar surface area (TPSA) is 29.5 Å². The van der Waals surface area contributed by atoms with Crippen LogP contribution >= 0.6 is 22.9 Å². The molecule has 1 saturated carbocycles. The van der Waals surface area contributed by atoms with Crippen LogP contribution in [0.25, 0.3) is 0 Å². The molecule has 1 heterocycles. The zero-order chi connectivity index (χ0) is 14.1. The number of ether oxygens (including phenoxy) is 1. The van der Waals surface area contributed by atoms with Gasteiger partial charge in [-0.15, -0.1) is 11.3 Å². The Morgan fingerprint density at radius 2 is 2.00 bits per heavy atom. The molecule has 1 N–H and O–H groups in total. The molecule has 19 heavy (non-hydrogen) atoms. The molecule has 1 aromatic heterocycles. The second kappa shape index (κ2) is 5.72. The average molecular weight is 303 g/mol. The molecule has 0 radical (unpaired) electrons. The fourth-order valence-electron chi connectivity index (χ4n) is 2.87. The molecule has 108 valence electrons. The van der Waals surface area contributed by atoms with Crippen molar-refractivity contribution >= 4 is 22.9 Å². The van der Waals surface area contributed by atoms with Crippen LogP contribution in [0.15, 0.2) is 11.4 Å². The Bertz CT molecular complexity index is 418. The van der Waals surface area contributed by atoms with Gasteiger partial charge < -0.3 is 9.84 Å². The number of hydrogen-bond donors (Lipinski definition) is 1. The summed E-state index contributed by atoms with van der Waals surface area (Å²) in [7, 11) is 0. The van der Waals surface area contributed by atoms with E-state index in [2.05, 4.69) is 13.8 Å². The maximum atomic E-state index is 10.8. The molecule has 2 rings (SSSR count). The molecule has 1 aliphatic rings. The largest absolute Gasteiger partial charge is 0.384 e. The van der Waals surface area contributed by atoms with Gasteiger partial charge in [-0.05, 0) is 49.5 Å². The molecule has 0 bridgehead atoms. The SMILES string of the molecule is CCOC1(C(O)c2sccc2Cl)CCC(C)(C)CC1. The predicted molar refractivity (Wildman–Crippen MR) is 80.9 cm³/mol. The first-order valence-electron chi connectivity index (χ1n) is 6.95. The summed E-state index contributed by atoms with van der Waals surface area (Å²) < 4.78 is 6.00. The Kier molecular flexibility index (Phi) is 4.61. The molecule has 0 spiro atoms. The van der Waals surface area contributed by atoms with Crippen molar-refractivity contribution in [1.29, 1.82) is 0 Å². The molecule has 0 amide bonds. The van der Waals surface area contributed by atoms with Gasteiger partial charge in [0.15, 0.2) is 0 Å². The van der Waals surface area contributed by atoms with E-state index in [1.165, 1.54) is 11.3 Å². The summed E-state index contributed by atoms with van der Waals surface area (Å²) >= 11 is 7.68. The molecule has 0 saturated heterocycles. The Balaban J connectivity index is 2.23. The Morgan fingerprint density at radius 3 is 2.47 bits per heavy atom. The van der Waals surface area contributed by atoms with E-state index in [4.69, 9.17) is 16.3 Å². The Morgan fingerprint density at radius 1 is 1.37 bits per heavy atom. The first-order valence-corrected chi connectivity index (χ1v) is 8.21. The predicted octanol–water partition coefficient (Wildman–Crippen LogP) is 4.81. The Labute approximate surface area is 124 Å². The number of aliphatic hydroxyl groups is 1. The van der Waals surface area contributed by atoms with Crippen LogP contribution in [0, 0.1) is 5.41 Å². The van der Waals surface area contributed by atoms with Gasteiger partial charge in [-0.25, -0.2) is 0 Å². The van der Waals surface area contributed by atoms with Crippen molar-refractivity contribution < 1.29 is 9.84 Å². The lowest BCUT2D eigenvalue weighted by Gasteiger charge is -2.45. The fourth-order valence-corrected chi connectivity index (χ4v) is 4.12. The van der Waals surface area contributed by atoms with Crippen molar-refractivity contribution in [2.24, 2.45) is 5.41 Å². The summed E-state index contributed by atoms with van der Waals surface area (Å²) in [5.74, 6) is 0. The summed E-state index contributed by atoms with van der Waals surface area (Å²) in [6.07, 6.45) is 3.32. The fraction of sp³-hybridized carbons (Fsp3) is 0.733. The lowest BCUT2D eigenvalue weighted by atomic mass is 9.69. The highest BCUT2D eigenvalue weighted by Gasteiger charge is 2.45. The minimum absolute atomic E-state index is 0.347. The van der Waals surface area contributed by atoms with Gasteiger partial charge in [0.1, 0.15) is 6.10 Å². The third kappa shape index (κ3) is 3.15. The van der Waals surface area contributed by atoms with E-state index in [1.54, 1.807) is 0 Å². The van der Waals surface area contributed by atoms with Crippen LogP contribution in [0.5, 0.6) is 0 Å². The number of aliphatic hydroxyl groups excluding tert-OH is 1. The molecular formula is C15H23ClO2S. The number of halogens is 1. The van der Waals surface area contributed by atoms with Gasteiger partial charge in [-0.1, -0.05) is 25.4 Å². The second-order valence-electron chi connectivity index (χ2n) is 6.20. The maximum Gasteiger partial charge on any atom is 0.118 e. The molecule has 1 fully saturated rings. The van der Waals surface area contributed by atoms with Gasteiger partial charge in [-0.2, -0.15) is 0 Å². The zero-order valence-electron chi connectivity index (χ0n) is 11.9. The lowest BCUT2D eigenvalue weighted by Crippen LogP contribution is -2.44. The van der Waals surface area contributed by atoms with Crippen LogP contribution in [0.2, 0.25) is 5.02 Å². The van der Waals surface area contributed by atoms with E-state index >= 15 is 0 Å². The molecule has 1 unspecified atom stereocenters. The van der Waals surface area contributed by atoms with Gasteiger partial charge in [0.05, 0.1) is 15.5 Å². The van der Waals surface area contributed by atoms with Crippen molar-refractivity contribution in [3.8, 4) is 0 Å². The normalized spacial score (nSPS) is 23.2. The molecule has 0 aromatic carbocycles. The molecule has 1 aliphatic carbocycles. The van der Waals surface area contributed by atoms with E-state index in [1.807, 2.05) is 18.4 Å². The van der Waals surface area contributed by atoms with Crippen molar-refractivity contribution in [1.82, 2.24) is 0 Å². The van der Waals surface area contributed by atoms with E-state index < -0.39 is 11.7 Å². The van der Waals surface area contributed by atoms with Gasteiger partial charge in [0.2, 0.25) is 0 Å². The molecule has 1 aromatic rings. The highest BCUT2D eigenvalue weighted by Crippen LogP contribution is 2.49. The van der Waals surface area contributed by atoms with E-state index in [0.29, 0.717) is 17.0 Å². The standard InChI is InChI=1S/C15H23ClO2S/c1-4-18-15(8-6-14(2,3)7-9-15)13(17)12-11(16)5-10-19-12/h5,10,13,17H,4,6-9H2,1-3H3. The van der Waals surface area contributed by atoms with E-state index in [0.717, 1.165) is 30.6 Å². The monoisotopic (exact) mass is 302 g/mol. The second-order valence-corrected chi connectivity index (χ2v) is 7.55. The summed E-state index contributed by atoms with van der Waals surface area (Å²) in [6, 6.07) is 1.84. The number of thiophene rings is 1. The van der Waals surface area contributed by atoms with Crippen LogP contribution in [-0.2, 0) is 4.74 Å². The molecule has 4 heteroatoms. The van der Waals surface area contributed by atoms with Crippen LogP contribution in [0.1, 0.15) is 57.4 Å². The van der Waals surface area contributed by atoms with Crippen LogP contribution in [0.3, 0.4) is 0 Å². The summed E-state index contributed by atoms with van der Waals surface area (Å²) in [4.78, 5) is 0.842. The van der Waals surface area contributed by atoms with Gasteiger partial charge in [0.25, 0.3) is 0 Å². The molecule has 2 nitrogen and oxygen atoms in total. The summed E-state index contributed by atoms with van der Waals surface area (Å²) in [5, 5.41) is 13.3. The molecular weight excluding hydrogens is 280 g/mol. The van der Waals surface area contributed by atoms with Crippen LogP contribution in [-0.4, -0.2) is 17.3 Å². The van der Waals surface area contributed by atoms with Crippen LogP contribution < -0.4 is 0 Å². The highest BCUT2D eigenvalue weighted by atomic mass is 35.5. The Hall–Kier alpha value is -0.0900. The third-order valence-corrected chi connectivity index (χ3v) is 5.68. The maximum absolute atomic E-state index is 10.8. The van der Waals surface area contributed by atoms with Gasteiger partial charge >= 0.3 is 0 Å². The average Bonchev–Trinajstić information content (AvgIpc) is 2.78. The summed E-state index contributed by atoms with van der Waals surface area (Å²) in [5.41, 5.74) is -0.113. The number of hydrogen-bond acceptors (Lipinski definition) is 3. The third-order valence-electron chi connectivity index (χ3n) is 4.27. The van der Waals surface area contributed by atoms with Crippen LogP contribution in [0.4, 0.5) is 0 Å². The smallest absolute Gasteiger partial charge is 0.118 e. The summed E-state index contributed by atoms with van der Waals surface area (Å²) in [6.45, 7) is 7.19. The van der Waals surface area contributed by atoms with Crippen molar-refractivity contribution in [3.63, 3.8) is 0 Å². The van der Waals surface area contributed by atoms with E-state index in [-0.39, 0.29) is 0 Å². The lowest BCUT2D eigenvalue weighted by molar-refractivity contribution is -0.152. The molecule has 0 aliphatic heterocycles. The quantitative estimate of drug-likeness (QED) is 0.865. The van der Waals surface area contributed by atoms with Gasteiger partial charge in [-0.3, -0.25) is 0 Å². The molecule has 1 atom stereocenters. The number of rotatable bonds is 4.